The van der Waals surface area contributed by atoms with E-state index in [2.05, 4.69) is 47.8 Å². The maximum atomic E-state index is 12.4. The number of carbonyl (C=O) groups is 1. The molecule has 0 N–H and O–H groups in total. The lowest BCUT2D eigenvalue weighted by molar-refractivity contribution is -0.121. The first kappa shape index (κ1) is 15.9. The van der Waals surface area contributed by atoms with Gasteiger partial charge in [0.2, 0.25) is 0 Å². The van der Waals surface area contributed by atoms with Gasteiger partial charge < -0.3 is 4.57 Å². The highest BCUT2D eigenvalue weighted by atomic mass is 32.2. The van der Waals surface area contributed by atoms with Crippen molar-refractivity contribution in [2.24, 2.45) is 4.99 Å². The largest absolute Gasteiger partial charge is 0.344 e. The van der Waals surface area contributed by atoms with E-state index in [1.54, 1.807) is 19.0 Å². The van der Waals surface area contributed by atoms with Gasteiger partial charge in [-0.05, 0) is 37.2 Å². The van der Waals surface area contributed by atoms with Gasteiger partial charge in [0, 0.05) is 42.8 Å². The van der Waals surface area contributed by atoms with E-state index in [-0.39, 0.29) is 5.91 Å². The Labute approximate surface area is 140 Å². The zero-order chi connectivity index (χ0) is 16.6. The maximum Gasteiger partial charge on any atom is 0.266 e. The lowest BCUT2D eigenvalue weighted by Crippen LogP contribution is -2.23. The van der Waals surface area contributed by atoms with E-state index >= 15 is 0 Å². The molecule has 5 heteroatoms. The minimum absolute atomic E-state index is 0.0102. The van der Waals surface area contributed by atoms with Gasteiger partial charge in [0.1, 0.15) is 0 Å². The number of likely N-dealkylation sites (N-methyl/N-ethyl adjacent to an activating group) is 1. The van der Waals surface area contributed by atoms with Crippen molar-refractivity contribution in [2.75, 3.05) is 14.1 Å². The van der Waals surface area contributed by atoms with Crippen LogP contribution in [-0.2, 0) is 4.79 Å². The molecule has 3 rings (SSSR count). The summed E-state index contributed by atoms with van der Waals surface area (Å²) in [6.07, 6.45) is 5.21. The van der Waals surface area contributed by atoms with Crippen LogP contribution >= 0.6 is 11.8 Å². The molecule has 2 heterocycles. The molecule has 0 unspecified atom stereocenters. The molecule has 1 aliphatic heterocycles. The van der Waals surface area contributed by atoms with E-state index in [9.17, 15) is 4.79 Å². The highest BCUT2D eigenvalue weighted by Crippen LogP contribution is 2.34. The number of aliphatic imine (C=N–C) groups is 1. The summed E-state index contributed by atoms with van der Waals surface area (Å²) in [6.45, 7) is 4.40. The summed E-state index contributed by atoms with van der Waals surface area (Å²) < 4.78 is 2.30. The zero-order valence-corrected chi connectivity index (χ0v) is 14.7. The fourth-order valence-electron chi connectivity index (χ4n) is 2.80. The van der Waals surface area contributed by atoms with Gasteiger partial charge in [0.05, 0.1) is 4.91 Å². The Hall–Kier alpha value is -2.01. The quantitative estimate of drug-likeness (QED) is 0.794. The number of hydrogen-bond donors (Lipinski definition) is 0. The Morgan fingerprint density at radius 2 is 2.09 bits per heavy atom. The molecule has 1 atom stereocenters. The van der Waals surface area contributed by atoms with Crippen molar-refractivity contribution in [3.63, 3.8) is 0 Å². The summed E-state index contributed by atoms with van der Waals surface area (Å²) in [7, 11) is 3.48. The molecule has 1 saturated heterocycles. The fraction of sp³-hybridized carbons (Fsp3) is 0.333. The third-order valence-electron chi connectivity index (χ3n) is 4.32. The van der Waals surface area contributed by atoms with Gasteiger partial charge in [0.25, 0.3) is 5.91 Å². The van der Waals surface area contributed by atoms with E-state index in [0.29, 0.717) is 6.04 Å². The van der Waals surface area contributed by atoms with E-state index in [1.165, 1.54) is 22.7 Å². The average Bonchev–Trinajstić information content (AvgIpc) is 3.07. The van der Waals surface area contributed by atoms with E-state index in [1.807, 2.05) is 12.1 Å². The number of fused-ring (bicyclic) bond motifs is 1. The molecular formula is C18H21N3OS. The molecule has 2 aromatic rings. The summed E-state index contributed by atoms with van der Waals surface area (Å²) in [4.78, 5) is 18.8. The van der Waals surface area contributed by atoms with E-state index in [4.69, 9.17) is 0 Å². The molecule has 120 valence electrons. The predicted octanol–water partition coefficient (Wildman–Crippen LogP) is 4.14. The van der Waals surface area contributed by atoms with Gasteiger partial charge in [0.15, 0.2) is 5.17 Å². The molecule has 0 spiro atoms. The number of nitrogens with zero attached hydrogens (tertiary/aromatic N) is 3. The van der Waals surface area contributed by atoms with Crippen molar-refractivity contribution in [3.8, 4) is 0 Å². The van der Waals surface area contributed by atoms with Crippen LogP contribution in [0.3, 0.4) is 0 Å². The van der Waals surface area contributed by atoms with Crippen LogP contribution in [0.1, 0.15) is 31.9 Å². The first-order valence-corrected chi connectivity index (χ1v) is 8.62. The number of rotatable bonds is 3. The molecule has 1 amide bonds. The minimum Gasteiger partial charge on any atom is -0.344 e. The molecule has 0 aliphatic carbocycles. The second-order valence-electron chi connectivity index (χ2n) is 5.75. The Kier molecular flexibility index (Phi) is 4.31. The Balaban J connectivity index is 2.11. The number of para-hydroxylation sites is 1. The Bertz CT molecular complexity index is 819. The number of amidine groups is 1. The predicted molar refractivity (Wildman–Crippen MR) is 98.6 cm³/mol. The van der Waals surface area contributed by atoms with Crippen LogP contribution in [-0.4, -0.2) is 34.6 Å². The summed E-state index contributed by atoms with van der Waals surface area (Å²) in [5.41, 5.74) is 2.30. The molecule has 0 saturated carbocycles. The van der Waals surface area contributed by atoms with Crippen molar-refractivity contribution in [1.29, 1.82) is 0 Å². The molecule has 4 nitrogen and oxygen atoms in total. The van der Waals surface area contributed by atoms with Crippen LogP contribution in [0.4, 0.5) is 0 Å². The molecular weight excluding hydrogens is 306 g/mol. The number of hydrogen-bond acceptors (Lipinski definition) is 3. The topological polar surface area (TPSA) is 37.6 Å². The van der Waals surface area contributed by atoms with Gasteiger partial charge in [-0.2, -0.15) is 0 Å². The van der Waals surface area contributed by atoms with Gasteiger partial charge in [-0.25, -0.2) is 0 Å². The highest BCUT2D eigenvalue weighted by molar-refractivity contribution is 8.18. The molecule has 0 bridgehead atoms. The van der Waals surface area contributed by atoms with Crippen molar-refractivity contribution in [2.45, 2.75) is 26.3 Å². The van der Waals surface area contributed by atoms with Crippen molar-refractivity contribution < 1.29 is 4.79 Å². The van der Waals surface area contributed by atoms with Crippen LogP contribution in [0.2, 0.25) is 0 Å². The maximum absolute atomic E-state index is 12.4. The number of thioether (sulfide) groups is 1. The Morgan fingerprint density at radius 1 is 1.35 bits per heavy atom. The van der Waals surface area contributed by atoms with Gasteiger partial charge in [-0.1, -0.05) is 25.1 Å². The fourth-order valence-corrected chi connectivity index (χ4v) is 3.72. The van der Waals surface area contributed by atoms with Crippen LogP contribution in [0, 0.1) is 0 Å². The third kappa shape index (κ3) is 2.70. The second kappa shape index (κ2) is 6.24. The van der Waals surface area contributed by atoms with Crippen LogP contribution in [0.15, 0.2) is 40.4 Å². The minimum atomic E-state index is 0.0102. The summed E-state index contributed by atoms with van der Waals surface area (Å²) in [5, 5.41) is 1.92. The van der Waals surface area contributed by atoms with Gasteiger partial charge in [-0.3, -0.25) is 14.7 Å². The van der Waals surface area contributed by atoms with E-state index < -0.39 is 0 Å². The SMILES string of the molecule is CC[C@@H](C)n1cc(/C=C2/SC(=NC)N(C)C2=O)c2ccccc21. The first-order valence-electron chi connectivity index (χ1n) is 7.80. The Morgan fingerprint density at radius 3 is 2.74 bits per heavy atom. The van der Waals surface area contributed by atoms with Gasteiger partial charge >= 0.3 is 0 Å². The molecule has 1 fully saturated rings. The van der Waals surface area contributed by atoms with Crippen LogP contribution in [0.5, 0.6) is 0 Å². The second-order valence-corrected chi connectivity index (χ2v) is 6.76. The summed E-state index contributed by atoms with van der Waals surface area (Å²) in [5.74, 6) is 0.0102. The van der Waals surface area contributed by atoms with Crippen LogP contribution in [0.25, 0.3) is 17.0 Å². The number of carbonyl (C=O) groups excluding carboxylic acids is 1. The summed E-state index contributed by atoms with van der Waals surface area (Å²) >= 11 is 1.43. The number of benzene rings is 1. The smallest absolute Gasteiger partial charge is 0.266 e. The molecule has 1 aromatic carbocycles. The zero-order valence-electron chi connectivity index (χ0n) is 13.9. The number of amides is 1. The average molecular weight is 327 g/mol. The molecule has 23 heavy (non-hydrogen) atoms. The molecule has 0 radical (unpaired) electrons. The molecule has 1 aliphatic rings. The lowest BCUT2D eigenvalue weighted by atomic mass is 10.1. The first-order chi connectivity index (χ1) is 11.1. The standard InChI is InChI=1S/C18H21N3OS/c1-5-12(2)21-11-13(14-8-6-7-9-15(14)21)10-16-17(22)20(4)18(19-3)23-16/h6-12H,5H2,1-4H3/b16-10+,19-18?/t12-/m1/s1. The van der Waals surface area contributed by atoms with Crippen LogP contribution < -0.4 is 0 Å². The number of aromatic nitrogens is 1. The molecule has 1 aromatic heterocycles. The highest BCUT2D eigenvalue weighted by Gasteiger charge is 2.30. The monoisotopic (exact) mass is 327 g/mol. The van der Waals surface area contributed by atoms with Crippen molar-refractivity contribution in [3.05, 3.63) is 40.9 Å². The normalized spacial score (nSPS) is 20.2. The van der Waals surface area contributed by atoms with E-state index in [0.717, 1.165) is 22.1 Å². The van der Waals surface area contributed by atoms with Gasteiger partial charge in [-0.15, -0.1) is 0 Å². The van der Waals surface area contributed by atoms with Crippen molar-refractivity contribution in [1.82, 2.24) is 9.47 Å². The van der Waals surface area contributed by atoms with Crippen molar-refractivity contribution >= 4 is 39.8 Å². The lowest BCUT2D eigenvalue weighted by Gasteiger charge is -2.12. The summed E-state index contributed by atoms with van der Waals surface area (Å²) in [6, 6.07) is 8.78. The third-order valence-corrected chi connectivity index (χ3v) is 5.47.